The lowest BCUT2D eigenvalue weighted by molar-refractivity contribution is -0.136. The Hall–Kier alpha value is -1.43. The second-order valence-electron chi connectivity index (χ2n) is 4.23. The standard InChI is InChI=1S/C12H21N3O3/c1-3-6-11-10(9-12(16)17)13-14-15(11)7-4-5-8-18-2/h3-9H2,1-2H3,(H,16,17). The van der Waals surface area contributed by atoms with E-state index in [1.54, 1.807) is 7.11 Å². The van der Waals surface area contributed by atoms with Crippen molar-refractivity contribution >= 4 is 5.97 Å². The highest BCUT2D eigenvalue weighted by Crippen LogP contribution is 2.10. The summed E-state index contributed by atoms with van der Waals surface area (Å²) in [6, 6.07) is 0. The monoisotopic (exact) mass is 255 g/mol. The van der Waals surface area contributed by atoms with Gasteiger partial charge in [0.2, 0.25) is 0 Å². The van der Waals surface area contributed by atoms with Crippen molar-refractivity contribution in [1.82, 2.24) is 15.0 Å². The van der Waals surface area contributed by atoms with E-state index in [4.69, 9.17) is 9.84 Å². The number of ether oxygens (including phenoxy) is 1. The summed E-state index contributed by atoms with van der Waals surface area (Å²) in [7, 11) is 1.68. The summed E-state index contributed by atoms with van der Waals surface area (Å²) >= 11 is 0. The molecule has 0 atom stereocenters. The van der Waals surface area contributed by atoms with Crippen molar-refractivity contribution in [2.45, 2.75) is 45.6 Å². The highest BCUT2D eigenvalue weighted by Gasteiger charge is 2.14. The van der Waals surface area contributed by atoms with Crippen LogP contribution in [0.5, 0.6) is 0 Å². The first kappa shape index (κ1) is 14.6. The van der Waals surface area contributed by atoms with Crippen LogP contribution >= 0.6 is 0 Å². The molecule has 102 valence electrons. The minimum absolute atomic E-state index is 0.0482. The second kappa shape index (κ2) is 7.81. The van der Waals surface area contributed by atoms with Crippen LogP contribution in [-0.2, 0) is 28.9 Å². The molecule has 0 aliphatic carbocycles. The first-order valence-corrected chi connectivity index (χ1v) is 6.31. The topological polar surface area (TPSA) is 77.2 Å². The summed E-state index contributed by atoms with van der Waals surface area (Å²) in [5.41, 5.74) is 1.55. The normalized spacial score (nSPS) is 10.8. The maximum absolute atomic E-state index is 10.7. The van der Waals surface area contributed by atoms with Gasteiger partial charge in [-0.25, -0.2) is 4.68 Å². The molecule has 0 saturated carbocycles. The lowest BCUT2D eigenvalue weighted by atomic mass is 10.1. The van der Waals surface area contributed by atoms with Gasteiger partial charge in [0.25, 0.3) is 0 Å². The van der Waals surface area contributed by atoms with Gasteiger partial charge in [-0.1, -0.05) is 18.6 Å². The van der Waals surface area contributed by atoms with Crippen molar-refractivity contribution in [2.24, 2.45) is 0 Å². The van der Waals surface area contributed by atoms with Gasteiger partial charge in [-0.15, -0.1) is 5.10 Å². The Kier molecular flexibility index (Phi) is 6.35. The largest absolute Gasteiger partial charge is 0.481 e. The molecule has 0 saturated heterocycles. The molecule has 0 aromatic carbocycles. The van der Waals surface area contributed by atoms with Crippen molar-refractivity contribution < 1.29 is 14.6 Å². The Morgan fingerprint density at radius 2 is 2.22 bits per heavy atom. The van der Waals surface area contributed by atoms with E-state index in [1.807, 2.05) is 4.68 Å². The van der Waals surface area contributed by atoms with Gasteiger partial charge in [-0.2, -0.15) is 0 Å². The van der Waals surface area contributed by atoms with Crippen LogP contribution in [0.25, 0.3) is 0 Å². The molecule has 0 amide bonds. The van der Waals surface area contributed by atoms with Gasteiger partial charge in [0.05, 0.1) is 17.8 Å². The summed E-state index contributed by atoms with van der Waals surface area (Å²) in [5, 5.41) is 16.8. The zero-order chi connectivity index (χ0) is 13.4. The molecule has 0 unspecified atom stereocenters. The molecule has 0 bridgehead atoms. The van der Waals surface area contributed by atoms with Crippen LogP contribution < -0.4 is 0 Å². The van der Waals surface area contributed by atoms with Crippen LogP contribution in [0.1, 0.15) is 37.6 Å². The molecule has 1 rings (SSSR count). The number of aryl methyl sites for hydroxylation is 1. The van der Waals surface area contributed by atoms with Crippen LogP contribution in [0.4, 0.5) is 0 Å². The van der Waals surface area contributed by atoms with Crippen molar-refractivity contribution in [2.75, 3.05) is 13.7 Å². The minimum atomic E-state index is -0.862. The smallest absolute Gasteiger partial charge is 0.309 e. The Labute approximate surface area is 107 Å². The first-order chi connectivity index (χ1) is 8.69. The average molecular weight is 255 g/mol. The van der Waals surface area contributed by atoms with Crippen molar-refractivity contribution in [3.63, 3.8) is 0 Å². The molecule has 0 spiro atoms. The van der Waals surface area contributed by atoms with E-state index in [0.29, 0.717) is 5.69 Å². The molecule has 1 aromatic rings. The molecule has 6 heteroatoms. The molecule has 1 N–H and O–H groups in total. The second-order valence-corrected chi connectivity index (χ2v) is 4.23. The third-order valence-electron chi connectivity index (χ3n) is 2.69. The van der Waals surface area contributed by atoms with Crippen LogP contribution in [0.3, 0.4) is 0 Å². The predicted octanol–water partition coefficient (Wildman–Crippen LogP) is 1.28. The molecule has 1 aromatic heterocycles. The molecular formula is C12H21N3O3. The number of carboxylic acid groups (broad SMARTS) is 1. The van der Waals surface area contributed by atoms with Gasteiger partial charge in [0.1, 0.15) is 0 Å². The average Bonchev–Trinajstić information content (AvgIpc) is 2.68. The van der Waals surface area contributed by atoms with Gasteiger partial charge in [-0.3, -0.25) is 4.79 Å². The summed E-state index contributed by atoms with van der Waals surface area (Å²) in [4.78, 5) is 10.7. The Balaban J connectivity index is 2.65. The van der Waals surface area contributed by atoms with E-state index in [-0.39, 0.29) is 6.42 Å². The number of aromatic nitrogens is 3. The minimum Gasteiger partial charge on any atom is -0.481 e. The Bertz CT molecular complexity index is 377. The molecular weight excluding hydrogens is 234 g/mol. The van der Waals surface area contributed by atoms with Gasteiger partial charge < -0.3 is 9.84 Å². The fraction of sp³-hybridized carbons (Fsp3) is 0.750. The summed E-state index contributed by atoms with van der Waals surface area (Å²) in [6.07, 6.45) is 3.65. The predicted molar refractivity (Wildman–Crippen MR) is 66.5 cm³/mol. The molecule has 1 heterocycles. The maximum Gasteiger partial charge on any atom is 0.309 e. The van der Waals surface area contributed by atoms with E-state index in [2.05, 4.69) is 17.2 Å². The first-order valence-electron chi connectivity index (χ1n) is 6.31. The van der Waals surface area contributed by atoms with Crippen LogP contribution in [0.15, 0.2) is 0 Å². The van der Waals surface area contributed by atoms with Crippen molar-refractivity contribution in [1.29, 1.82) is 0 Å². The van der Waals surface area contributed by atoms with E-state index in [0.717, 1.165) is 44.5 Å². The number of nitrogens with zero attached hydrogens (tertiary/aromatic N) is 3. The van der Waals surface area contributed by atoms with Crippen molar-refractivity contribution in [3.05, 3.63) is 11.4 Å². The van der Waals surface area contributed by atoms with E-state index in [9.17, 15) is 4.79 Å². The SMILES string of the molecule is CCCc1c(CC(=O)O)nnn1CCCCOC. The fourth-order valence-corrected chi connectivity index (χ4v) is 1.85. The fourth-order valence-electron chi connectivity index (χ4n) is 1.85. The molecule has 0 aliphatic rings. The quantitative estimate of drug-likeness (QED) is 0.673. The number of rotatable bonds is 9. The van der Waals surface area contributed by atoms with Crippen LogP contribution in [-0.4, -0.2) is 39.8 Å². The van der Waals surface area contributed by atoms with Gasteiger partial charge >= 0.3 is 5.97 Å². The van der Waals surface area contributed by atoms with Gasteiger partial charge in [-0.05, 0) is 19.3 Å². The molecule has 0 fully saturated rings. The summed E-state index contributed by atoms with van der Waals surface area (Å²) < 4.78 is 6.82. The number of hydrogen-bond acceptors (Lipinski definition) is 4. The lowest BCUT2D eigenvalue weighted by Crippen LogP contribution is -2.09. The van der Waals surface area contributed by atoms with E-state index < -0.39 is 5.97 Å². The Morgan fingerprint density at radius 3 is 2.83 bits per heavy atom. The zero-order valence-electron chi connectivity index (χ0n) is 11.1. The van der Waals surface area contributed by atoms with Gasteiger partial charge in [0, 0.05) is 20.3 Å². The van der Waals surface area contributed by atoms with E-state index in [1.165, 1.54) is 0 Å². The van der Waals surface area contributed by atoms with Crippen LogP contribution in [0, 0.1) is 0 Å². The van der Waals surface area contributed by atoms with Crippen LogP contribution in [0.2, 0.25) is 0 Å². The highest BCUT2D eigenvalue weighted by molar-refractivity contribution is 5.69. The maximum atomic E-state index is 10.7. The third-order valence-corrected chi connectivity index (χ3v) is 2.69. The van der Waals surface area contributed by atoms with Crippen molar-refractivity contribution in [3.8, 4) is 0 Å². The molecule has 0 aliphatic heterocycles. The number of carbonyl (C=O) groups is 1. The summed E-state index contributed by atoms with van der Waals surface area (Å²) in [5.74, 6) is -0.862. The number of unbranched alkanes of at least 4 members (excludes halogenated alkanes) is 1. The zero-order valence-corrected chi connectivity index (χ0v) is 11.1. The molecule has 6 nitrogen and oxygen atoms in total. The molecule has 0 radical (unpaired) electrons. The number of hydrogen-bond donors (Lipinski definition) is 1. The van der Waals surface area contributed by atoms with E-state index >= 15 is 0 Å². The Morgan fingerprint density at radius 1 is 1.44 bits per heavy atom. The number of aliphatic carboxylic acids is 1. The third kappa shape index (κ3) is 4.44. The summed E-state index contributed by atoms with van der Waals surface area (Å²) in [6.45, 7) is 3.57. The number of carboxylic acids is 1. The lowest BCUT2D eigenvalue weighted by Gasteiger charge is -2.06. The van der Waals surface area contributed by atoms with Gasteiger partial charge in [0.15, 0.2) is 0 Å². The molecule has 18 heavy (non-hydrogen) atoms. The number of methoxy groups -OCH3 is 1. The highest BCUT2D eigenvalue weighted by atomic mass is 16.5.